The second-order valence-corrected chi connectivity index (χ2v) is 5.76. The monoisotopic (exact) mass is 355 g/mol. The number of halogens is 1. The highest BCUT2D eigenvalue weighted by Gasteiger charge is 2.20. The van der Waals surface area contributed by atoms with Crippen molar-refractivity contribution in [3.8, 4) is 0 Å². The summed E-state index contributed by atoms with van der Waals surface area (Å²) in [6, 6.07) is 0.682. The van der Waals surface area contributed by atoms with Crippen LogP contribution in [0.4, 0.5) is 0 Å². The third kappa shape index (κ3) is 3.72. The molecule has 0 fully saturated rings. The minimum absolute atomic E-state index is 0.0533. The van der Waals surface area contributed by atoms with Crippen LogP contribution in [-0.4, -0.2) is 36.7 Å². The van der Waals surface area contributed by atoms with E-state index >= 15 is 0 Å². The number of methoxy groups -OCH3 is 1. The number of carbonyl (C=O) groups is 2. The molecule has 1 aromatic rings. The number of aliphatic carboxylic acids is 1. The first-order valence-corrected chi connectivity index (χ1v) is 6.27. The van der Waals surface area contributed by atoms with Crippen molar-refractivity contribution in [2.45, 2.75) is 6.04 Å². The summed E-state index contributed by atoms with van der Waals surface area (Å²) in [4.78, 5) is 22.4. The molecule has 0 aliphatic rings. The van der Waals surface area contributed by atoms with E-state index in [1.165, 1.54) is 18.4 Å². The zero-order valence-corrected chi connectivity index (χ0v) is 11.4. The summed E-state index contributed by atoms with van der Waals surface area (Å²) >= 11 is 3.52. The van der Waals surface area contributed by atoms with Gasteiger partial charge >= 0.3 is 5.97 Å². The van der Waals surface area contributed by atoms with Crippen molar-refractivity contribution in [2.75, 3.05) is 13.7 Å². The number of ether oxygens (including phenoxy) is 1. The Morgan fingerprint density at radius 2 is 2.38 bits per heavy atom. The second kappa shape index (κ2) is 6.16. The van der Waals surface area contributed by atoms with E-state index in [1.807, 2.05) is 0 Å². The van der Waals surface area contributed by atoms with Crippen LogP contribution >= 0.6 is 33.9 Å². The Bertz CT molecular complexity index is 393. The van der Waals surface area contributed by atoms with E-state index in [0.29, 0.717) is 5.56 Å². The maximum Gasteiger partial charge on any atom is 0.328 e. The lowest BCUT2D eigenvalue weighted by Gasteiger charge is -2.12. The van der Waals surface area contributed by atoms with Gasteiger partial charge in [0.2, 0.25) is 0 Å². The summed E-state index contributed by atoms with van der Waals surface area (Å²) in [5.74, 6) is -1.51. The summed E-state index contributed by atoms with van der Waals surface area (Å²) in [5.41, 5.74) is 0.469. The molecule has 0 aliphatic heterocycles. The number of hydrogen-bond acceptors (Lipinski definition) is 4. The van der Waals surface area contributed by atoms with Crippen LogP contribution in [0, 0.1) is 2.88 Å². The van der Waals surface area contributed by atoms with Gasteiger partial charge in [-0.3, -0.25) is 4.79 Å². The standard InChI is InChI=1S/C9H10INO4S/c1-15-3-6(9(13)14)11-8(12)5-2-7(10)16-4-5/h2,4,6H,3H2,1H3,(H,11,12)(H,13,14). The molecule has 1 aromatic heterocycles. The van der Waals surface area contributed by atoms with Gasteiger partial charge < -0.3 is 15.2 Å². The van der Waals surface area contributed by atoms with Crippen LogP contribution in [-0.2, 0) is 9.53 Å². The first kappa shape index (κ1) is 13.4. The van der Waals surface area contributed by atoms with Crippen LogP contribution in [0.15, 0.2) is 11.4 Å². The van der Waals surface area contributed by atoms with Crippen molar-refractivity contribution < 1.29 is 19.4 Å². The zero-order chi connectivity index (χ0) is 12.1. The molecular formula is C9H10INO4S. The van der Waals surface area contributed by atoms with Crippen LogP contribution in [0.2, 0.25) is 0 Å². The van der Waals surface area contributed by atoms with E-state index in [0.717, 1.165) is 2.88 Å². The molecule has 5 nitrogen and oxygen atoms in total. The van der Waals surface area contributed by atoms with Crippen LogP contribution in [0.1, 0.15) is 10.4 Å². The van der Waals surface area contributed by atoms with Crippen molar-refractivity contribution in [2.24, 2.45) is 0 Å². The third-order valence-electron chi connectivity index (χ3n) is 1.77. The molecule has 0 radical (unpaired) electrons. The fourth-order valence-electron chi connectivity index (χ4n) is 1.01. The first-order valence-electron chi connectivity index (χ1n) is 4.31. The fourth-order valence-corrected chi connectivity index (χ4v) is 2.34. The molecule has 16 heavy (non-hydrogen) atoms. The Labute approximate surface area is 110 Å². The minimum atomic E-state index is -1.11. The summed E-state index contributed by atoms with van der Waals surface area (Å²) in [6.07, 6.45) is 0. The maximum absolute atomic E-state index is 11.6. The lowest BCUT2D eigenvalue weighted by atomic mass is 10.2. The van der Waals surface area contributed by atoms with Crippen LogP contribution in [0.5, 0.6) is 0 Å². The molecule has 0 aliphatic carbocycles. The number of rotatable bonds is 5. The van der Waals surface area contributed by atoms with Gasteiger partial charge in [0.05, 0.1) is 15.1 Å². The molecule has 0 bridgehead atoms. The summed E-state index contributed by atoms with van der Waals surface area (Å²) in [5, 5.41) is 12.9. The zero-order valence-electron chi connectivity index (χ0n) is 8.40. The van der Waals surface area contributed by atoms with Gasteiger partial charge in [-0.1, -0.05) is 0 Å². The number of hydrogen-bond donors (Lipinski definition) is 2. The number of nitrogens with one attached hydrogen (secondary N) is 1. The number of carboxylic acid groups (broad SMARTS) is 1. The molecule has 1 rings (SSSR count). The largest absolute Gasteiger partial charge is 0.480 e. The Morgan fingerprint density at radius 1 is 1.69 bits per heavy atom. The SMILES string of the molecule is COCC(NC(=O)c1csc(I)c1)C(=O)O. The lowest BCUT2D eigenvalue weighted by molar-refractivity contribution is -0.140. The molecule has 0 saturated carbocycles. The van der Waals surface area contributed by atoms with E-state index in [-0.39, 0.29) is 6.61 Å². The van der Waals surface area contributed by atoms with Crippen LogP contribution < -0.4 is 5.32 Å². The summed E-state index contributed by atoms with van der Waals surface area (Å²) < 4.78 is 5.69. The molecule has 1 amide bonds. The second-order valence-electron chi connectivity index (χ2n) is 2.96. The Balaban J connectivity index is 2.65. The molecule has 0 spiro atoms. The molecule has 1 unspecified atom stereocenters. The van der Waals surface area contributed by atoms with E-state index in [9.17, 15) is 9.59 Å². The molecule has 7 heteroatoms. The number of carboxylic acids is 1. The molecular weight excluding hydrogens is 345 g/mol. The molecule has 0 saturated heterocycles. The van der Waals surface area contributed by atoms with Gasteiger partial charge in [0.25, 0.3) is 5.91 Å². The fraction of sp³-hybridized carbons (Fsp3) is 0.333. The van der Waals surface area contributed by atoms with Gasteiger partial charge in [0, 0.05) is 12.5 Å². The van der Waals surface area contributed by atoms with Crippen molar-refractivity contribution in [3.05, 3.63) is 19.9 Å². The molecule has 1 heterocycles. The average Bonchev–Trinajstić information content (AvgIpc) is 2.64. The maximum atomic E-state index is 11.6. The predicted octanol–water partition coefficient (Wildman–Crippen LogP) is 1.18. The topological polar surface area (TPSA) is 75.6 Å². The molecule has 2 N–H and O–H groups in total. The summed E-state index contributed by atoms with van der Waals surface area (Å²) in [7, 11) is 1.38. The highest BCUT2D eigenvalue weighted by atomic mass is 127. The van der Waals surface area contributed by atoms with Crippen LogP contribution in [0.25, 0.3) is 0 Å². The quantitative estimate of drug-likeness (QED) is 0.778. The Morgan fingerprint density at radius 3 is 2.81 bits per heavy atom. The van der Waals surface area contributed by atoms with Gasteiger partial charge in [0.1, 0.15) is 0 Å². The van der Waals surface area contributed by atoms with Gasteiger partial charge in [-0.25, -0.2) is 4.79 Å². The van der Waals surface area contributed by atoms with Crippen molar-refractivity contribution in [1.82, 2.24) is 5.32 Å². The average molecular weight is 355 g/mol. The highest BCUT2D eigenvalue weighted by molar-refractivity contribution is 14.1. The summed E-state index contributed by atoms with van der Waals surface area (Å²) in [6.45, 7) is -0.0533. The number of carbonyl (C=O) groups excluding carboxylic acids is 1. The van der Waals surface area contributed by atoms with Crippen LogP contribution in [0.3, 0.4) is 0 Å². The van der Waals surface area contributed by atoms with Gasteiger partial charge in [-0.05, 0) is 28.7 Å². The van der Waals surface area contributed by atoms with E-state index in [4.69, 9.17) is 9.84 Å². The Hall–Kier alpha value is -0.670. The molecule has 0 aromatic carbocycles. The smallest absolute Gasteiger partial charge is 0.328 e. The predicted molar refractivity (Wildman–Crippen MR) is 67.8 cm³/mol. The van der Waals surface area contributed by atoms with E-state index in [2.05, 4.69) is 27.9 Å². The lowest BCUT2D eigenvalue weighted by Crippen LogP contribution is -2.43. The minimum Gasteiger partial charge on any atom is -0.480 e. The number of thiophene rings is 1. The highest BCUT2D eigenvalue weighted by Crippen LogP contribution is 2.16. The number of amides is 1. The van der Waals surface area contributed by atoms with E-state index in [1.54, 1.807) is 11.4 Å². The van der Waals surface area contributed by atoms with Crippen molar-refractivity contribution in [3.63, 3.8) is 0 Å². The van der Waals surface area contributed by atoms with Gasteiger partial charge in [-0.15, -0.1) is 11.3 Å². The van der Waals surface area contributed by atoms with Gasteiger partial charge in [0.15, 0.2) is 6.04 Å². The van der Waals surface area contributed by atoms with Crippen molar-refractivity contribution in [1.29, 1.82) is 0 Å². The van der Waals surface area contributed by atoms with E-state index < -0.39 is 17.9 Å². The van der Waals surface area contributed by atoms with Gasteiger partial charge in [-0.2, -0.15) is 0 Å². The Kier molecular flexibility index (Phi) is 5.16. The third-order valence-corrected chi connectivity index (χ3v) is 3.56. The normalized spacial score (nSPS) is 12.1. The van der Waals surface area contributed by atoms with Crippen molar-refractivity contribution >= 4 is 45.8 Å². The first-order chi connectivity index (χ1) is 7.54. The molecule has 88 valence electrons. The molecule has 1 atom stereocenters.